The standard InChI is InChI=1S/C21H20BrNS/c1-4-15-9-17(11-18(22)10-15)20-13-23(3)12-19(21(20)24)16-7-5-6-14(2)8-16/h5-13H,4H2,1-3H3. The first-order valence-corrected chi connectivity index (χ1v) is 9.25. The van der Waals surface area contributed by atoms with Crippen molar-refractivity contribution in [3.05, 3.63) is 75.0 Å². The molecule has 0 aliphatic heterocycles. The molecule has 0 spiro atoms. The Morgan fingerprint density at radius 2 is 1.71 bits per heavy atom. The molecule has 3 rings (SSSR count). The molecule has 3 heteroatoms. The number of hydrogen-bond acceptors (Lipinski definition) is 1. The molecule has 0 N–H and O–H groups in total. The van der Waals surface area contributed by atoms with Crippen molar-refractivity contribution in [2.45, 2.75) is 20.3 Å². The van der Waals surface area contributed by atoms with E-state index >= 15 is 0 Å². The monoisotopic (exact) mass is 397 g/mol. The van der Waals surface area contributed by atoms with Gasteiger partial charge in [0, 0.05) is 35.0 Å². The first kappa shape index (κ1) is 17.1. The van der Waals surface area contributed by atoms with Crippen molar-refractivity contribution in [3.63, 3.8) is 0 Å². The van der Waals surface area contributed by atoms with Gasteiger partial charge in [0.15, 0.2) is 0 Å². The van der Waals surface area contributed by atoms with E-state index in [0.29, 0.717) is 0 Å². The average molecular weight is 398 g/mol. The summed E-state index contributed by atoms with van der Waals surface area (Å²) >= 11 is 9.48. The summed E-state index contributed by atoms with van der Waals surface area (Å²) in [5, 5.41) is 0. The molecule has 1 heterocycles. The maximum Gasteiger partial charge on any atom is 0.0563 e. The lowest BCUT2D eigenvalue weighted by Gasteiger charge is -2.12. The molecule has 122 valence electrons. The fraction of sp³-hybridized carbons (Fsp3) is 0.190. The Labute approximate surface area is 157 Å². The van der Waals surface area contributed by atoms with Crippen LogP contribution in [0.25, 0.3) is 22.3 Å². The highest BCUT2D eigenvalue weighted by molar-refractivity contribution is 9.10. The van der Waals surface area contributed by atoms with Crippen molar-refractivity contribution in [1.82, 2.24) is 4.57 Å². The van der Waals surface area contributed by atoms with Gasteiger partial charge >= 0.3 is 0 Å². The van der Waals surface area contributed by atoms with Crippen molar-refractivity contribution < 1.29 is 0 Å². The van der Waals surface area contributed by atoms with E-state index < -0.39 is 0 Å². The van der Waals surface area contributed by atoms with Crippen LogP contribution in [0.1, 0.15) is 18.1 Å². The van der Waals surface area contributed by atoms with Crippen LogP contribution in [-0.4, -0.2) is 4.57 Å². The maximum atomic E-state index is 5.85. The molecular formula is C21H20BrNS. The molecule has 0 unspecified atom stereocenters. The van der Waals surface area contributed by atoms with E-state index in [-0.39, 0.29) is 0 Å². The molecular weight excluding hydrogens is 378 g/mol. The Balaban J connectivity index is 2.24. The van der Waals surface area contributed by atoms with Crippen LogP contribution >= 0.6 is 28.1 Å². The van der Waals surface area contributed by atoms with Crippen LogP contribution in [0.3, 0.4) is 0 Å². The number of hydrogen-bond donors (Lipinski definition) is 0. The van der Waals surface area contributed by atoms with Crippen LogP contribution in [-0.2, 0) is 13.5 Å². The summed E-state index contributed by atoms with van der Waals surface area (Å²) < 4.78 is 4.09. The zero-order chi connectivity index (χ0) is 17.3. The fourth-order valence-electron chi connectivity index (χ4n) is 2.94. The fourth-order valence-corrected chi connectivity index (χ4v) is 3.82. The lowest BCUT2D eigenvalue weighted by atomic mass is 9.99. The normalized spacial score (nSPS) is 10.8. The molecule has 0 saturated heterocycles. The minimum absolute atomic E-state index is 0.902. The second-order valence-corrected chi connectivity index (χ2v) is 7.48. The Morgan fingerprint density at radius 3 is 2.38 bits per heavy atom. The van der Waals surface area contributed by atoms with Crippen LogP contribution in [0, 0.1) is 11.4 Å². The topological polar surface area (TPSA) is 4.93 Å². The van der Waals surface area contributed by atoms with Gasteiger partial charge in [-0.15, -0.1) is 0 Å². The average Bonchev–Trinajstić information content (AvgIpc) is 2.56. The summed E-state index contributed by atoms with van der Waals surface area (Å²) in [6.45, 7) is 4.28. The highest BCUT2D eigenvalue weighted by atomic mass is 79.9. The van der Waals surface area contributed by atoms with Crippen LogP contribution in [0.5, 0.6) is 0 Å². The summed E-state index contributed by atoms with van der Waals surface area (Å²) in [6.07, 6.45) is 5.23. The molecule has 1 aromatic heterocycles. The van der Waals surface area contributed by atoms with Crippen molar-refractivity contribution >= 4 is 28.1 Å². The smallest absolute Gasteiger partial charge is 0.0563 e. The molecule has 2 aromatic carbocycles. The zero-order valence-electron chi connectivity index (χ0n) is 14.1. The third-order valence-electron chi connectivity index (χ3n) is 4.16. The molecule has 0 aliphatic rings. The zero-order valence-corrected chi connectivity index (χ0v) is 16.5. The molecule has 1 nitrogen and oxygen atoms in total. The quantitative estimate of drug-likeness (QED) is 0.443. The molecule has 3 aromatic rings. The molecule has 0 saturated carbocycles. The van der Waals surface area contributed by atoms with Crippen LogP contribution < -0.4 is 0 Å². The van der Waals surface area contributed by atoms with E-state index in [2.05, 4.69) is 96.3 Å². The van der Waals surface area contributed by atoms with Gasteiger partial charge in [-0.25, -0.2) is 0 Å². The number of rotatable bonds is 3. The first-order valence-electron chi connectivity index (χ1n) is 8.05. The Hall–Kier alpha value is -1.71. The highest BCUT2D eigenvalue weighted by Crippen LogP contribution is 2.31. The highest BCUT2D eigenvalue weighted by Gasteiger charge is 2.09. The van der Waals surface area contributed by atoms with Crippen LogP contribution in [0.15, 0.2) is 59.3 Å². The van der Waals surface area contributed by atoms with Gasteiger partial charge in [-0.2, -0.15) is 0 Å². The number of benzene rings is 2. The van der Waals surface area contributed by atoms with Crippen molar-refractivity contribution in [1.29, 1.82) is 0 Å². The lowest BCUT2D eigenvalue weighted by Crippen LogP contribution is -1.96. The molecule has 0 fully saturated rings. The van der Waals surface area contributed by atoms with E-state index in [1.807, 2.05) is 0 Å². The van der Waals surface area contributed by atoms with Crippen LogP contribution in [0.2, 0.25) is 0 Å². The number of halogens is 1. The van der Waals surface area contributed by atoms with Crippen LogP contribution in [0.4, 0.5) is 0 Å². The van der Waals surface area contributed by atoms with E-state index in [4.69, 9.17) is 12.2 Å². The minimum atomic E-state index is 0.902. The first-order chi connectivity index (χ1) is 11.5. The molecule has 0 atom stereocenters. The summed E-state index contributed by atoms with van der Waals surface area (Å²) in [5.74, 6) is 0. The Bertz CT molecular complexity index is 956. The third-order valence-corrected chi connectivity index (χ3v) is 5.06. The third kappa shape index (κ3) is 3.52. The Morgan fingerprint density at radius 1 is 1.00 bits per heavy atom. The van der Waals surface area contributed by atoms with Gasteiger partial charge in [-0.3, -0.25) is 0 Å². The molecule has 24 heavy (non-hydrogen) atoms. The second kappa shape index (κ2) is 7.04. The molecule has 0 bridgehead atoms. The summed E-state index contributed by atoms with van der Waals surface area (Å²) in [5.41, 5.74) is 7.08. The molecule has 0 amide bonds. The van der Waals surface area contributed by atoms with Crippen molar-refractivity contribution in [2.24, 2.45) is 7.05 Å². The minimum Gasteiger partial charge on any atom is -0.356 e. The van der Waals surface area contributed by atoms with E-state index in [9.17, 15) is 0 Å². The summed E-state index contributed by atoms with van der Waals surface area (Å²) in [4.78, 5) is 0. The van der Waals surface area contributed by atoms with Gasteiger partial charge in [0.25, 0.3) is 0 Å². The predicted molar refractivity (Wildman–Crippen MR) is 109 cm³/mol. The summed E-state index contributed by atoms with van der Waals surface area (Å²) in [7, 11) is 2.05. The van der Waals surface area contributed by atoms with Gasteiger partial charge in [0.2, 0.25) is 0 Å². The van der Waals surface area contributed by atoms with Crippen molar-refractivity contribution in [3.8, 4) is 22.3 Å². The van der Waals surface area contributed by atoms with Gasteiger partial charge in [0.1, 0.15) is 0 Å². The SMILES string of the molecule is CCc1cc(Br)cc(-c2cn(C)cc(-c3cccc(C)c3)c2=S)c1. The number of nitrogens with zero attached hydrogens (tertiary/aromatic N) is 1. The number of pyridine rings is 1. The maximum absolute atomic E-state index is 5.85. The van der Waals surface area contributed by atoms with Gasteiger partial charge in [0.05, 0.1) is 4.51 Å². The Kier molecular flexibility index (Phi) is 5.02. The van der Waals surface area contributed by atoms with Crippen molar-refractivity contribution in [2.75, 3.05) is 0 Å². The predicted octanol–water partition coefficient (Wildman–Crippen LogP) is 6.72. The summed E-state index contributed by atoms with van der Waals surface area (Å²) in [6, 6.07) is 15.0. The van der Waals surface area contributed by atoms with Gasteiger partial charge in [-0.05, 0) is 42.2 Å². The molecule has 0 radical (unpaired) electrons. The lowest BCUT2D eigenvalue weighted by molar-refractivity contribution is 0.906. The molecule has 0 aliphatic carbocycles. The second-order valence-electron chi connectivity index (χ2n) is 6.15. The van der Waals surface area contributed by atoms with E-state index in [1.54, 1.807) is 0 Å². The van der Waals surface area contributed by atoms with E-state index in [0.717, 1.165) is 32.1 Å². The van der Waals surface area contributed by atoms with Gasteiger partial charge in [-0.1, -0.05) is 71.0 Å². The van der Waals surface area contributed by atoms with E-state index in [1.165, 1.54) is 16.7 Å². The largest absolute Gasteiger partial charge is 0.356 e. The number of aryl methyl sites for hydroxylation is 3. The number of aromatic nitrogens is 1. The van der Waals surface area contributed by atoms with Gasteiger partial charge < -0.3 is 4.57 Å².